The molecule has 0 aliphatic carbocycles. The third kappa shape index (κ3) is 2.22. The largest absolute Gasteiger partial charge is 0.374 e. The van der Waals surface area contributed by atoms with Crippen LogP contribution < -0.4 is 10.00 Å². The number of aromatic nitrogens is 4. The summed E-state index contributed by atoms with van der Waals surface area (Å²) in [6.07, 6.45) is 0. The summed E-state index contributed by atoms with van der Waals surface area (Å²) in [5.74, 6) is 1.69. The summed E-state index contributed by atoms with van der Waals surface area (Å²) in [6.45, 7) is 2.02. The van der Waals surface area contributed by atoms with Crippen molar-refractivity contribution in [3.63, 3.8) is 0 Å². The molecule has 5 nitrogen and oxygen atoms in total. The third-order valence-corrected chi connectivity index (χ3v) is 3.52. The van der Waals surface area contributed by atoms with Crippen molar-refractivity contribution in [3.8, 4) is 5.95 Å². The van der Waals surface area contributed by atoms with Crippen LogP contribution in [-0.4, -0.2) is 15.1 Å². The van der Waals surface area contributed by atoms with Crippen LogP contribution in [0.1, 0.15) is 5.69 Å². The predicted octanol–water partition coefficient (Wildman–Crippen LogP) is 3.22. The Kier molecular flexibility index (Phi) is 2.89. The highest BCUT2D eigenvalue weighted by molar-refractivity contribution is 5.75. The fourth-order valence-corrected chi connectivity index (χ4v) is 2.51. The molecule has 3 N–H and O–H groups in total. The number of para-hydroxylation sites is 3. The quantitative estimate of drug-likeness (QED) is 0.507. The molecular weight excluding hydrogens is 274 g/mol. The Bertz CT molecular complexity index is 888. The van der Waals surface area contributed by atoms with Gasteiger partial charge < -0.3 is 0 Å². The molecule has 108 valence electrons. The average Bonchev–Trinajstić information content (AvgIpc) is 3.11. The number of hydrogen-bond donors (Lipinski definition) is 3. The molecule has 0 saturated carbocycles. The fourth-order valence-electron chi connectivity index (χ4n) is 2.51. The van der Waals surface area contributed by atoms with Crippen molar-refractivity contribution in [2.75, 3.05) is 5.32 Å². The number of imidazole rings is 1. The highest BCUT2D eigenvalue weighted by Crippen LogP contribution is 2.16. The van der Waals surface area contributed by atoms with Gasteiger partial charge in [-0.3, -0.25) is 15.4 Å². The fraction of sp³-hybridized carbons (Fsp3) is 0.0588. The molecule has 0 atom stereocenters. The predicted molar refractivity (Wildman–Crippen MR) is 86.4 cm³/mol. The lowest BCUT2D eigenvalue weighted by Crippen LogP contribution is -2.36. The van der Waals surface area contributed by atoms with Gasteiger partial charge >= 0.3 is 5.95 Å². The molecule has 0 spiro atoms. The topological polar surface area (TPSA) is 60.4 Å². The maximum absolute atomic E-state index is 4.63. The van der Waals surface area contributed by atoms with Crippen molar-refractivity contribution in [1.29, 1.82) is 0 Å². The number of nitrogens with zero attached hydrogens (tertiary/aromatic N) is 2. The van der Waals surface area contributed by atoms with E-state index in [1.807, 2.05) is 66.2 Å². The number of anilines is 2. The maximum Gasteiger partial charge on any atom is 0.374 e. The SMILES string of the molecule is Cc1cc(Nc2ccccc2)[n+](-c2nc3ccccc3[nH]2)[nH]1. The highest BCUT2D eigenvalue weighted by atomic mass is 15.4. The van der Waals surface area contributed by atoms with E-state index in [1.165, 1.54) is 0 Å². The smallest absolute Gasteiger partial charge is 0.288 e. The molecule has 4 rings (SSSR count). The second kappa shape index (κ2) is 5.04. The molecule has 2 aromatic heterocycles. The Hall–Kier alpha value is -3.08. The van der Waals surface area contributed by atoms with Crippen molar-refractivity contribution >= 4 is 22.5 Å². The van der Waals surface area contributed by atoms with Crippen molar-refractivity contribution < 1.29 is 4.68 Å². The van der Waals surface area contributed by atoms with Crippen molar-refractivity contribution in [3.05, 3.63) is 66.4 Å². The first-order valence-electron chi connectivity index (χ1n) is 7.18. The second-order valence-electron chi connectivity index (χ2n) is 5.23. The van der Waals surface area contributed by atoms with Gasteiger partial charge in [-0.2, -0.15) is 0 Å². The van der Waals surface area contributed by atoms with Gasteiger partial charge in [0.25, 0.3) is 0 Å². The zero-order valence-electron chi connectivity index (χ0n) is 12.2. The van der Waals surface area contributed by atoms with Crippen molar-refractivity contribution in [1.82, 2.24) is 15.1 Å². The summed E-state index contributed by atoms with van der Waals surface area (Å²) in [5, 5.41) is 6.71. The van der Waals surface area contributed by atoms with E-state index in [4.69, 9.17) is 0 Å². The van der Waals surface area contributed by atoms with Crippen LogP contribution in [0, 0.1) is 6.92 Å². The molecule has 0 radical (unpaired) electrons. The standard InChI is InChI=1S/C17H15N5/c1-12-11-16(18-13-7-3-2-4-8-13)22(21-12)17-19-14-9-5-6-10-15(14)20-17/h2-11H,1H3,(H2,18,19,20,21)/p+1. The number of hydrogen-bond acceptors (Lipinski definition) is 2. The van der Waals surface area contributed by atoms with Gasteiger partial charge in [0, 0.05) is 11.8 Å². The Labute approximate surface area is 127 Å². The summed E-state index contributed by atoms with van der Waals surface area (Å²) in [4.78, 5) is 7.97. The van der Waals surface area contributed by atoms with E-state index in [0.29, 0.717) is 0 Å². The summed E-state index contributed by atoms with van der Waals surface area (Å²) in [7, 11) is 0. The van der Waals surface area contributed by atoms with Gasteiger partial charge in [0.1, 0.15) is 5.52 Å². The first kappa shape index (κ1) is 12.6. The normalized spacial score (nSPS) is 11.0. The van der Waals surface area contributed by atoms with Gasteiger partial charge in [0.2, 0.25) is 5.82 Å². The molecule has 0 aliphatic heterocycles. The molecule has 5 heteroatoms. The van der Waals surface area contributed by atoms with Gasteiger partial charge in [-0.05, 0) is 31.2 Å². The zero-order chi connectivity index (χ0) is 14.9. The minimum Gasteiger partial charge on any atom is -0.288 e. The van der Waals surface area contributed by atoms with E-state index in [9.17, 15) is 0 Å². The van der Waals surface area contributed by atoms with Gasteiger partial charge in [-0.1, -0.05) is 30.3 Å². The van der Waals surface area contributed by atoms with E-state index < -0.39 is 0 Å². The Morgan fingerprint density at radius 1 is 1.00 bits per heavy atom. The molecule has 2 aromatic carbocycles. The molecule has 0 fully saturated rings. The van der Waals surface area contributed by atoms with E-state index in [2.05, 4.69) is 26.4 Å². The van der Waals surface area contributed by atoms with Crippen LogP contribution in [0.5, 0.6) is 0 Å². The van der Waals surface area contributed by atoms with Crippen LogP contribution in [0.25, 0.3) is 17.0 Å². The maximum atomic E-state index is 4.63. The summed E-state index contributed by atoms with van der Waals surface area (Å²) < 4.78 is 1.92. The number of fused-ring (bicyclic) bond motifs is 1. The monoisotopic (exact) mass is 290 g/mol. The van der Waals surface area contributed by atoms with E-state index in [-0.39, 0.29) is 0 Å². The van der Waals surface area contributed by atoms with E-state index in [0.717, 1.165) is 34.2 Å². The molecule has 0 bridgehead atoms. The van der Waals surface area contributed by atoms with Gasteiger partial charge in [-0.25, -0.2) is 0 Å². The molecule has 0 aliphatic rings. The first-order valence-corrected chi connectivity index (χ1v) is 7.18. The Morgan fingerprint density at radius 2 is 1.77 bits per heavy atom. The number of aryl methyl sites for hydroxylation is 1. The lowest BCUT2D eigenvalue weighted by Gasteiger charge is -2.01. The molecule has 4 aromatic rings. The Morgan fingerprint density at radius 3 is 2.59 bits per heavy atom. The molecule has 0 saturated heterocycles. The van der Waals surface area contributed by atoms with Crippen LogP contribution >= 0.6 is 0 Å². The highest BCUT2D eigenvalue weighted by Gasteiger charge is 2.18. The van der Waals surface area contributed by atoms with E-state index in [1.54, 1.807) is 0 Å². The minimum absolute atomic E-state index is 0.757. The average molecular weight is 290 g/mol. The van der Waals surface area contributed by atoms with Crippen LogP contribution in [-0.2, 0) is 0 Å². The minimum atomic E-state index is 0.757. The molecule has 22 heavy (non-hydrogen) atoms. The van der Waals surface area contributed by atoms with E-state index >= 15 is 0 Å². The molecule has 2 heterocycles. The third-order valence-electron chi connectivity index (χ3n) is 3.52. The lowest BCUT2D eigenvalue weighted by atomic mass is 10.3. The van der Waals surface area contributed by atoms with Crippen LogP contribution in [0.2, 0.25) is 0 Å². The summed E-state index contributed by atoms with van der Waals surface area (Å²) in [5.41, 5.74) is 4.05. The second-order valence-corrected chi connectivity index (χ2v) is 5.23. The number of nitrogens with one attached hydrogen (secondary N) is 3. The van der Waals surface area contributed by atoms with Gasteiger partial charge in [0.15, 0.2) is 5.52 Å². The van der Waals surface area contributed by atoms with Crippen LogP contribution in [0.15, 0.2) is 60.7 Å². The number of rotatable bonds is 3. The Balaban J connectivity index is 1.78. The van der Waals surface area contributed by atoms with Crippen molar-refractivity contribution in [2.24, 2.45) is 0 Å². The van der Waals surface area contributed by atoms with Gasteiger partial charge in [0.05, 0.1) is 5.69 Å². The van der Waals surface area contributed by atoms with Crippen molar-refractivity contribution in [2.45, 2.75) is 6.92 Å². The number of H-pyrrole nitrogens is 2. The van der Waals surface area contributed by atoms with Crippen LogP contribution in [0.4, 0.5) is 11.5 Å². The number of benzene rings is 2. The lowest BCUT2D eigenvalue weighted by molar-refractivity contribution is -0.648. The molecular formula is C17H16N5+. The summed E-state index contributed by atoms with van der Waals surface area (Å²) >= 11 is 0. The number of aromatic amines is 2. The summed E-state index contributed by atoms with van der Waals surface area (Å²) in [6, 6.07) is 20.1. The van der Waals surface area contributed by atoms with Gasteiger partial charge in [-0.15, -0.1) is 9.67 Å². The molecule has 0 amide bonds. The van der Waals surface area contributed by atoms with Crippen LogP contribution in [0.3, 0.4) is 0 Å². The first-order chi connectivity index (χ1) is 10.8. The zero-order valence-corrected chi connectivity index (χ0v) is 12.2. The molecule has 0 unspecified atom stereocenters.